The fourth-order valence-corrected chi connectivity index (χ4v) is 6.19. The van der Waals surface area contributed by atoms with E-state index >= 15 is 0 Å². The van der Waals surface area contributed by atoms with Gasteiger partial charge in [0.05, 0.1) is 18.5 Å². The van der Waals surface area contributed by atoms with Crippen LogP contribution in [-0.4, -0.2) is 49.1 Å². The number of aryl methyl sites for hydroxylation is 1. The molecular weight excluding hydrogens is 504 g/mol. The molecule has 5 aromatic rings. The number of aromatic nitrogens is 1. The zero-order chi connectivity index (χ0) is 26.9. The second kappa shape index (κ2) is 10.4. The Kier molecular flexibility index (Phi) is 6.67. The molecule has 1 saturated heterocycles. The molecule has 7 heteroatoms. The van der Waals surface area contributed by atoms with Crippen molar-refractivity contribution in [1.82, 2.24) is 9.88 Å². The highest BCUT2D eigenvalue weighted by Gasteiger charge is 2.28. The summed E-state index contributed by atoms with van der Waals surface area (Å²) in [5.41, 5.74) is 13.5. The van der Waals surface area contributed by atoms with Gasteiger partial charge in [-0.3, -0.25) is 4.79 Å². The first-order valence-electron chi connectivity index (χ1n) is 13.1. The van der Waals surface area contributed by atoms with Crippen LogP contribution >= 0.6 is 11.3 Å². The molecule has 3 heterocycles. The number of carbonyl (C=O) groups excluding carboxylic acids is 1. The van der Waals surface area contributed by atoms with Gasteiger partial charge in [-0.15, -0.1) is 11.3 Å². The van der Waals surface area contributed by atoms with E-state index in [-0.39, 0.29) is 5.91 Å². The number of carbonyl (C=O) groups is 1. The zero-order valence-electron chi connectivity index (χ0n) is 22.1. The fourth-order valence-electron chi connectivity index (χ4n) is 5.10. The van der Waals surface area contributed by atoms with Gasteiger partial charge in [-0.25, -0.2) is 4.98 Å². The van der Waals surface area contributed by atoms with Gasteiger partial charge in [0.15, 0.2) is 0 Å². The van der Waals surface area contributed by atoms with Crippen LogP contribution in [0.1, 0.15) is 15.2 Å². The summed E-state index contributed by atoms with van der Waals surface area (Å²) in [7, 11) is 1.67. The van der Waals surface area contributed by atoms with Gasteiger partial charge in [-0.05, 0) is 48.4 Å². The molecular formula is C32H30N4O2S. The Morgan fingerprint density at radius 1 is 0.897 bits per heavy atom. The number of ether oxygens (including phenoxy) is 1. The highest BCUT2D eigenvalue weighted by Crippen LogP contribution is 2.42. The average Bonchev–Trinajstić information content (AvgIpc) is 3.33. The van der Waals surface area contributed by atoms with Crippen molar-refractivity contribution < 1.29 is 9.53 Å². The summed E-state index contributed by atoms with van der Waals surface area (Å²) in [5, 5.41) is 0.851. The molecule has 0 bridgehead atoms. The minimum absolute atomic E-state index is 0.0269. The highest BCUT2D eigenvalue weighted by atomic mass is 32.1. The molecule has 1 aliphatic rings. The number of amides is 1. The van der Waals surface area contributed by atoms with Gasteiger partial charge in [0.2, 0.25) is 0 Å². The van der Waals surface area contributed by atoms with Crippen molar-refractivity contribution in [3.05, 3.63) is 95.4 Å². The van der Waals surface area contributed by atoms with Crippen LogP contribution in [0.3, 0.4) is 0 Å². The summed E-state index contributed by atoms with van der Waals surface area (Å²) in [4.78, 5) is 24.3. The van der Waals surface area contributed by atoms with Crippen LogP contribution in [0.25, 0.3) is 32.6 Å². The number of fused-ring (bicyclic) bond motifs is 1. The van der Waals surface area contributed by atoms with Crippen LogP contribution in [0.5, 0.6) is 5.75 Å². The predicted molar refractivity (Wildman–Crippen MR) is 161 cm³/mol. The van der Waals surface area contributed by atoms with Crippen molar-refractivity contribution in [2.24, 2.45) is 0 Å². The lowest BCUT2D eigenvalue weighted by atomic mass is 9.98. The van der Waals surface area contributed by atoms with E-state index in [1.807, 2.05) is 35.2 Å². The third kappa shape index (κ3) is 4.81. The molecule has 3 aromatic carbocycles. The van der Waals surface area contributed by atoms with E-state index in [0.717, 1.165) is 57.1 Å². The molecule has 196 valence electrons. The molecule has 0 saturated carbocycles. The molecule has 2 N–H and O–H groups in total. The topological polar surface area (TPSA) is 71.7 Å². The number of nitrogens with zero attached hydrogens (tertiary/aromatic N) is 3. The SMILES string of the molecule is COc1ccc(N2CCN(C(=O)c3sc4nc(-c5ccccc5)cc(-c5ccc(C)cc5)c4c3N)CC2)cc1. The molecule has 39 heavy (non-hydrogen) atoms. The van der Waals surface area contributed by atoms with Crippen molar-refractivity contribution in [2.75, 3.05) is 43.9 Å². The number of nitrogen functional groups attached to an aromatic ring is 1. The first-order valence-corrected chi connectivity index (χ1v) is 13.9. The van der Waals surface area contributed by atoms with E-state index in [2.05, 4.69) is 66.4 Å². The minimum Gasteiger partial charge on any atom is -0.497 e. The number of hydrogen-bond acceptors (Lipinski definition) is 6. The first kappa shape index (κ1) is 24.9. The van der Waals surface area contributed by atoms with Crippen LogP contribution < -0.4 is 15.4 Å². The van der Waals surface area contributed by atoms with E-state index in [4.69, 9.17) is 15.5 Å². The van der Waals surface area contributed by atoms with Crippen molar-refractivity contribution in [3.63, 3.8) is 0 Å². The summed E-state index contributed by atoms with van der Waals surface area (Å²) >= 11 is 1.39. The Hall–Kier alpha value is -4.36. The normalized spacial score (nSPS) is 13.6. The van der Waals surface area contributed by atoms with Crippen molar-refractivity contribution in [2.45, 2.75) is 6.92 Å². The number of methoxy groups -OCH3 is 1. The Bertz CT molecular complexity index is 1620. The molecule has 0 spiro atoms. The molecule has 1 aliphatic heterocycles. The lowest BCUT2D eigenvalue weighted by Gasteiger charge is -2.36. The largest absolute Gasteiger partial charge is 0.497 e. The summed E-state index contributed by atoms with van der Waals surface area (Å²) in [6, 6.07) is 28.7. The maximum atomic E-state index is 13.8. The number of benzene rings is 3. The van der Waals surface area contributed by atoms with Gasteiger partial charge in [-0.2, -0.15) is 0 Å². The van der Waals surface area contributed by atoms with Crippen LogP contribution in [0, 0.1) is 6.92 Å². The second-order valence-electron chi connectivity index (χ2n) is 9.79. The molecule has 0 atom stereocenters. The van der Waals surface area contributed by atoms with Gasteiger partial charge in [0.25, 0.3) is 5.91 Å². The van der Waals surface area contributed by atoms with E-state index < -0.39 is 0 Å². The van der Waals surface area contributed by atoms with Gasteiger partial charge < -0.3 is 20.3 Å². The molecule has 0 radical (unpaired) electrons. The Morgan fingerprint density at radius 3 is 2.26 bits per heavy atom. The van der Waals surface area contributed by atoms with Gasteiger partial charge in [-0.1, -0.05) is 60.2 Å². The molecule has 0 unspecified atom stereocenters. The maximum Gasteiger partial charge on any atom is 0.266 e. The summed E-state index contributed by atoms with van der Waals surface area (Å²) in [5.74, 6) is 0.808. The number of thiophene rings is 1. The third-order valence-corrected chi connectivity index (χ3v) is 8.42. The van der Waals surface area contributed by atoms with Crippen molar-refractivity contribution in [3.8, 4) is 28.1 Å². The first-order chi connectivity index (χ1) is 19.0. The van der Waals surface area contributed by atoms with E-state index in [9.17, 15) is 4.79 Å². The number of hydrogen-bond donors (Lipinski definition) is 1. The summed E-state index contributed by atoms with van der Waals surface area (Å²) in [6.07, 6.45) is 0. The van der Waals surface area contributed by atoms with Gasteiger partial charge in [0, 0.05) is 42.8 Å². The van der Waals surface area contributed by atoms with Crippen LogP contribution in [0.2, 0.25) is 0 Å². The summed E-state index contributed by atoms with van der Waals surface area (Å²) in [6.45, 7) is 4.85. The minimum atomic E-state index is -0.0269. The Balaban J connectivity index is 1.33. The zero-order valence-corrected chi connectivity index (χ0v) is 22.9. The van der Waals surface area contributed by atoms with Gasteiger partial charge in [0.1, 0.15) is 15.5 Å². The van der Waals surface area contributed by atoms with E-state index in [1.165, 1.54) is 16.9 Å². The third-order valence-electron chi connectivity index (χ3n) is 7.33. The number of rotatable bonds is 5. The molecule has 6 rings (SSSR count). The monoisotopic (exact) mass is 534 g/mol. The number of anilines is 2. The lowest BCUT2D eigenvalue weighted by Crippen LogP contribution is -2.48. The van der Waals surface area contributed by atoms with Crippen LogP contribution in [0.4, 0.5) is 11.4 Å². The van der Waals surface area contributed by atoms with Crippen LogP contribution in [-0.2, 0) is 0 Å². The second-order valence-corrected chi connectivity index (χ2v) is 10.8. The smallest absolute Gasteiger partial charge is 0.266 e. The van der Waals surface area contributed by atoms with E-state index in [1.54, 1.807) is 7.11 Å². The number of nitrogens with two attached hydrogens (primary N) is 1. The molecule has 2 aromatic heterocycles. The Morgan fingerprint density at radius 2 is 1.59 bits per heavy atom. The molecule has 1 amide bonds. The number of piperazine rings is 1. The van der Waals surface area contributed by atoms with Crippen molar-refractivity contribution in [1.29, 1.82) is 0 Å². The molecule has 0 aliphatic carbocycles. The standard InChI is InChI=1S/C32H30N4O2S/c1-21-8-10-22(11-9-21)26-20-27(23-6-4-3-5-7-23)34-31-28(26)29(33)30(39-31)32(37)36-18-16-35(17-19-36)24-12-14-25(38-2)15-13-24/h3-15,20H,16-19,33H2,1-2H3. The Labute approximate surface area is 232 Å². The average molecular weight is 535 g/mol. The summed E-state index contributed by atoms with van der Waals surface area (Å²) < 4.78 is 5.28. The fraction of sp³-hybridized carbons (Fsp3) is 0.188. The van der Waals surface area contributed by atoms with Crippen LogP contribution in [0.15, 0.2) is 84.9 Å². The predicted octanol–water partition coefficient (Wildman–Crippen LogP) is 6.49. The lowest BCUT2D eigenvalue weighted by molar-refractivity contribution is 0.0752. The van der Waals surface area contributed by atoms with Gasteiger partial charge >= 0.3 is 0 Å². The highest BCUT2D eigenvalue weighted by molar-refractivity contribution is 7.21. The molecule has 1 fully saturated rings. The molecule has 6 nitrogen and oxygen atoms in total. The number of pyridine rings is 1. The van der Waals surface area contributed by atoms with Crippen molar-refractivity contribution >= 4 is 38.8 Å². The quantitative estimate of drug-likeness (QED) is 0.279. The maximum absolute atomic E-state index is 13.8. The van der Waals surface area contributed by atoms with E-state index in [0.29, 0.717) is 23.7 Å².